The molecule has 0 fully saturated rings. The van der Waals surface area contributed by atoms with E-state index in [0.29, 0.717) is 22.4 Å². The zero-order chi connectivity index (χ0) is 22.8. The summed E-state index contributed by atoms with van der Waals surface area (Å²) in [6.45, 7) is 1.52. The maximum absolute atomic E-state index is 12.7. The second-order valence-electron chi connectivity index (χ2n) is 7.14. The number of methoxy groups -OCH3 is 2. The number of Topliss-reactive ketones (excluding diaryl/α,β-unsaturated/α-hetero) is 1. The summed E-state index contributed by atoms with van der Waals surface area (Å²) in [5, 5.41) is 7.16. The summed E-state index contributed by atoms with van der Waals surface area (Å²) in [4.78, 5) is 14.6. The summed E-state index contributed by atoms with van der Waals surface area (Å²) in [6.07, 6.45) is -0.434. The highest BCUT2D eigenvalue weighted by molar-refractivity contribution is 9.10. The number of carbonyl (C=O) groups is 1. The maximum atomic E-state index is 12.7. The fraction of sp³-hybridized carbons (Fsp3) is 0.167. The lowest BCUT2D eigenvalue weighted by molar-refractivity contribution is -0.111. The van der Waals surface area contributed by atoms with Crippen LogP contribution in [0.4, 0.5) is 11.4 Å². The number of ether oxygens (including phenoxy) is 2. The number of halogens is 2. The Hall–Kier alpha value is -3.03. The minimum absolute atomic E-state index is 0.144. The van der Waals surface area contributed by atoms with Crippen LogP contribution < -0.4 is 19.4 Å². The second-order valence-corrected chi connectivity index (χ2v) is 8.49. The van der Waals surface area contributed by atoms with Gasteiger partial charge in [0.2, 0.25) is 0 Å². The Morgan fingerprint density at radius 3 is 2.16 bits per heavy atom. The summed E-state index contributed by atoms with van der Waals surface area (Å²) in [7, 11) is 3.19. The molecule has 8 heteroatoms. The maximum Gasteiger partial charge on any atom is 0.198 e. The van der Waals surface area contributed by atoms with Gasteiger partial charge >= 0.3 is 0 Å². The molecule has 1 heterocycles. The number of anilines is 2. The Morgan fingerprint density at radius 1 is 0.938 bits per heavy atom. The van der Waals surface area contributed by atoms with Gasteiger partial charge in [-0.05, 0) is 60.7 Å². The summed E-state index contributed by atoms with van der Waals surface area (Å²) >= 11 is 9.59. The molecule has 164 valence electrons. The van der Waals surface area contributed by atoms with Crippen LogP contribution in [0.2, 0.25) is 5.02 Å². The van der Waals surface area contributed by atoms with Crippen LogP contribution in [0, 0.1) is 0 Å². The average Bonchev–Trinajstić information content (AvgIpc) is 3.20. The fourth-order valence-electron chi connectivity index (χ4n) is 3.63. The van der Waals surface area contributed by atoms with E-state index in [0.717, 1.165) is 21.4 Å². The SMILES string of the molecule is COc1ccc([C@H]2N(c3ccc(Cl)cc3)N=C(C(C)=O)N2c2ccc(Br)cc2)cc1OC. The number of nitrogens with zero attached hydrogens (tertiary/aromatic N) is 3. The zero-order valence-corrected chi connectivity index (χ0v) is 20.1. The summed E-state index contributed by atoms with van der Waals surface area (Å²) in [5.41, 5.74) is 2.51. The monoisotopic (exact) mass is 513 g/mol. The van der Waals surface area contributed by atoms with Crippen molar-refractivity contribution in [1.82, 2.24) is 0 Å². The minimum atomic E-state index is -0.434. The van der Waals surface area contributed by atoms with E-state index in [1.54, 1.807) is 26.4 Å². The molecule has 0 radical (unpaired) electrons. The molecule has 0 saturated heterocycles. The van der Waals surface area contributed by atoms with Crippen molar-refractivity contribution in [3.05, 3.63) is 81.8 Å². The molecule has 6 nitrogen and oxygen atoms in total. The van der Waals surface area contributed by atoms with Gasteiger partial charge in [-0.15, -0.1) is 5.10 Å². The van der Waals surface area contributed by atoms with Crippen LogP contribution >= 0.6 is 27.5 Å². The van der Waals surface area contributed by atoms with Crippen molar-refractivity contribution in [2.45, 2.75) is 13.1 Å². The molecule has 0 bridgehead atoms. The van der Waals surface area contributed by atoms with Crippen LogP contribution in [-0.4, -0.2) is 25.8 Å². The van der Waals surface area contributed by atoms with Gasteiger partial charge in [-0.1, -0.05) is 33.6 Å². The van der Waals surface area contributed by atoms with E-state index < -0.39 is 6.17 Å². The van der Waals surface area contributed by atoms with Crippen molar-refractivity contribution < 1.29 is 14.3 Å². The molecule has 32 heavy (non-hydrogen) atoms. The molecule has 0 saturated carbocycles. The smallest absolute Gasteiger partial charge is 0.198 e. The Balaban J connectivity index is 1.91. The molecule has 1 aliphatic heterocycles. The highest BCUT2D eigenvalue weighted by atomic mass is 79.9. The third-order valence-corrected chi connectivity index (χ3v) is 5.90. The summed E-state index contributed by atoms with van der Waals surface area (Å²) < 4.78 is 11.9. The molecular formula is C24H21BrClN3O3. The molecule has 1 aliphatic rings. The lowest BCUT2D eigenvalue weighted by Crippen LogP contribution is -2.37. The van der Waals surface area contributed by atoms with Gasteiger partial charge in [0.25, 0.3) is 0 Å². The first-order valence-corrected chi connectivity index (χ1v) is 11.0. The first-order valence-electron chi connectivity index (χ1n) is 9.84. The first kappa shape index (κ1) is 22.2. The van der Waals surface area contributed by atoms with Crippen LogP contribution in [0.15, 0.2) is 76.3 Å². The second kappa shape index (κ2) is 9.22. The lowest BCUT2D eigenvalue weighted by atomic mass is 10.1. The van der Waals surface area contributed by atoms with Crippen LogP contribution in [0.25, 0.3) is 0 Å². The van der Waals surface area contributed by atoms with Gasteiger partial charge in [0.1, 0.15) is 0 Å². The molecule has 3 aromatic rings. The van der Waals surface area contributed by atoms with Crippen LogP contribution in [0.3, 0.4) is 0 Å². The Morgan fingerprint density at radius 2 is 1.56 bits per heavy atom. The van der Waals surface area contributed by atoms with Gasteiger partial charge in [0, 0.05) is 27.7 Å². The van der Waals surface area contributed by atoms with Crippen LogP contribution in [-0.2, 0) is 4.79 Å². The molecule has 0 amide bonds. The third-order valence-electron chi connectivity index (χ3n) is 5.12. The Labute approximate surface area is 200 Å². The van der Waals surface area contributed by atoms with E-state index in [4.69, 9.17) is 26.2 Å². The highest BCUT2D eigenvalue weighted by Crippen LogP contribution is 2.41. The number of benzene rings is 3. The Bertz CT molecular complexity index is 1170. The topological polar surface area (TPSA) is 54.4 Å². The standard InChI is InChI=1S/C24H21BrClN3O3/c1-15(30)23-27-29(20-11-7-18(26)8-12-20)24(28(23)19-9-5-17(25)6-10-19)16-4-13-21(31-2)22(14-16)32-3/h4-14,24H,1-3H3/t24-/m1/s1. The van der Waals surface area contributed by atoms with Gasteiger partial charge in [0.15, 0.2) is 29.3 Å². The number of carbonyl (C=O) groups excluding carboxylic acids is 1. The van der Waals surface area contributed by atoms with E-state index in [9.17, 15) is 4.79 Å². The van der Waals surface area contributed by atoms with E-state index >= 15 is 0 Å². The molecule has 1 atom stereocenters. The molecule has 0 aromatic heterocycles. The number of hydrogen-bond donors (Lipinski definition) is 0. The van der Waals surface area contributed by atoms with E-state index in [-0.39, 0.29) is 5.78 Å². The quantitative estimate of drug-likeness (QED) is 0.401. The van der Waals surface area contributed by atoms with Crippen LogP contribution in [0.1, 0.15) is 18.7 Å². The number of rotatable bonds is 6. The predicted octanol–water partition coefficient (Wildman–Crippen LogP) is 6.05. The molecular weight excluding hydrogens is 494 g/mol. The van der Waals surface area contributed by atoms with Crippen molar-refractivity contribution in [1.29, 1.82) is 0 Å². The van der Waals surface area contributed by atoms with E-state index in [1.165, 1.54) is 6.92 Å². The van der Waals surface area contributed by atoms with E-state index in [1.807, 2.05) is 64.5 Å². The third kappa shape index (κ3) is 4.18. The molecule has 0 aliphatic carbocycles. The molecule has 3 aromatic carbocycles. The van der Waals surface area contributed by atoms with Crippen molar-refractivity contribution in [2.24, 2.45) is 5.10 Å². The van der Waals surface area contributed by atoms with Crippen molar-refractivity contribution >= 4 is 50.5 Å². The van der Waals surface area contributed by atoms with Gasteiger partial charge in [-0.25, -0.2) is 5.01 Å². The zero-order valence-electron chi connectivity index (χ0n) is 17.8. The lowest BCUT2D eigenvalue weighted by Gasteiger charge is -2.32. The highest BCUT2D eigenvalue weighted by Gasteiger charge is 2.39. The van der Waals surface area contributed by atoms with Crippen molar-refractivity contribution in [3.63, 3.8) is 0 Å². The number of amidine groups is 1. The number of ketones is 1. The number of hydrogen-bond acceptors (Lipinski definition) is 6. The van der Waals surface area contributed by atoms with Crippen molar-refractivity contribution in [3.8, 4) is 11.5 Å². The van der Waals surface area contributed by atoms with Crippen molar-refractivity contribution in [2.75, 3.05) is 24.1 Å². The molecule has 0 N–H and O–H groups in total. The predicted molar refractivity (Wildman–Crippen MR) is 131 cm³/mol. The fourth-order valence-corrected chi connectivity index (χ4v) is 4.02. The average molecular weight is 515 g/mol. The molecule has 0 unspecified atom stereocenters. The normalized spacial score (nSPS) is 15.5. The first-order chi connectivity index (χ1) is 15.4. The minimum Gasteiger partial charge on any atom is -0.493 e. The largest absolute Gasteiger partial charge is 0.493 e. The van der Waals surface area contributed by atoms with Gasteiger partial charge in [-0.3, -0.25) is 9.69 Å². The van der Waals surface area contributed by atoms with Gasteiger partial charge in [-0.2, -0.15) is 0 Å². The summed E-state index contributed by atoms with van der Waals surface area (Å²) in [5.74, 6) is 1.40. The molecule has 4 rings (SSSR count). The summed E-state index contributed by atoms with van der Waals surface area (Å²) in [6, 6.07) is 20.8. The van der Waals surface area contributed by atoms with Crippen LogP contribution in [0.5, 0.6) is 11.5 Å². The molecule has 0 spiro atoms. The Kier molecular flexibility index (Phi) is 6.39. The van der Waals surface area contributed by atoms with Gasteiger partial charge in [0.05, 0.1) is 19.9 Å². The van der Waals surface area contributed by atoms with Gasteiger partial charge < -0.3 is 9.47 Å². The van der Waals surface area contributed by atoms with E-state index in [2.05, 4.69) is 15.9 Å². The number of hydrazone groups is 1.